The summed E-state index contributed by atoms with van der Waals surface area (Å²) in [5.74, 6) is 0.793. The number of rotatable bonds is 4. The number of nitrogens with zero attached hydrogens (tertiary/aromatic N) is 2. The summed E-state index contributed by atoms with van der Waals surface area (Å²) in [5.41, 5.74) is 1.95. The van der Waals surface area contributed by atoms with Crippen LogP contribution in [0, 0.1) is 6.92 Å². The van der Waals surface area contributed by atoms with Gasteiger partial charge >= 0.3 is 0 Å². The maximum absolute atomic E-state index is 6.22. The minimum Gasteiger partial charge on any atom is -0.448 e. The molecule has 2 aromatic rings. The number of likely N-dealkylation sites (N-methyl/N-ethyl adjacent to an activating group) is 1. The van der Waals surface area contributed by atoms with E-state index in [1.165, 1.54) is 0 Å². The molecular formula is C12H15Cl2N3O. The van der Waals surface area contributed by atoms with Crippen LogP contribution >= 0.6 is 23.2 Å². The zero-order chi connectivity index (χ0) is 13.3. The molecule has 0 saturated heterocycles. The van der Waals surface area contributed by atoms with Crippen LogP contribution in [0.5, 0.6) is 0 Å². The lowest BCUT2D eigenvalue weighted by Gasteiger charge is -2.13. The van der Waals surface area contributed by atoms with E-state index in [2.05, 4.69) is 10.4 Å². The molecule has 1 atom stereocenters. The number of furan rings is 1. The first-order valence-corrected chi connectivity index (χ1v) is 6.39. The van der Waals surface area contributed by atoms with Crippen LogP contribution in [0.3, 0.4) is 0 Å². The van der Waals surface area contributed by atoms with Crippen molar-refractivity contribution in [2.45, 2.75) is 19.4 Å². The van der Waals surface area contributed by atoms with Gasteiger partial charge in [-0.05, 0) is 44.1 Å². The molecule has 0 saturated carbocycles. The predicted molar refractivity (Wildman–Crippen MR) is 72.2 cm³/mol. The monoisotopic (exact) mass is 287 g/mol. The number of hydrogen-bond acceptors (Lipinski definition) is 3. The fraction of sp³-hybridized carbons (Fsp3) is 0.417. The van der Waals surface area contributed by atoms with Crippen LogP contribution in [0.25, 0.3) is 0 Å². The summed E-state index contributed by atoms with van der Waals surface area (Å²) in [7, 11) is 3.71. The average molecular weight is 288 g/mol. The van der Waals surface area contributed by atoms with E-state index < -0.39 is 0 Å². The van der Waals surface area contributed by atoms with Gasteiger partial charge in [0.2, 0.25) is 0 Å². The second kappa shape index (κ2) is 5.34. The fourth-order valence-corrected chi connectivity index (χ4v) is 2.37. The SMILES string of the molecule is CNC(Cc1c(C)nn(C)c1Cl)c1ccc(Cl)o1. The van der Waals surface area contributed by atoms with Gasteiger partial charge in [-0.25, -0.2) is 0 Å². The first-order chi connectivity index (χ1) is 8.52. The summed E-state index contributed by atoms with van der Waals surface area (Å²) < 4.78 is 7.10. The first-order valence-electron chi connectivity index (χ1n) is 5.63. The van der Waals surface area contributed by atoms with Crippen LogP contribution in [-0.2, 0) is 13.5 Å². The summed E-state index contributed by atoms with van der Waals surface area (Å²) in [6.07, 6.45) is 0.707. The van der Waals surface area contributed by atoms with Crippen LogP contribution in [0.1, 0.15) is 23.1 Å². The summed E-state index contributed by atoms with van der Waals surface area (Å²) in [6.45, 7) is 1.95. The molecule has 0 amide bonds. The van der Waals surface area contributed by atoms with E-state index in [4.69, 9.17) is 27.6 Å². The quantitative estimate of drug-likeness (QED) is 0.940. The Balaban J connectivity index is 2.25. The minimum absolute atomic E-state index is 0.0258. The fourth-order valence-electron chi connectivity index (χ4n) is 1.97. The molecule has 98 valence electrons. The molecule has 2 aromatic heterocycles. The Morgan fingerprint density at radius 2 is 2.17 bits per heavy atom. The second-order valence-electron chi connectivity index (χ2n) is 4.17. The van der Waals surface area contributed by atoms with E-state index in [1.807, 2.05) is 27.1 Å². The number of aryl methyl sites for hydroxylation is 2. The van der Waals surface area contributed by atoms with E-state index in [0.717, 1.165) is 17.0 Å². The highest BCUT2D eigenvalue weighted by Crippen LogP contribution is 2.27. The topological polar surface area (TPSA) is 43.0 Å². The molecule has 1 unspecified atom stereocenters. The predicted octanol–water partition coefficient (Wildman–Crippen LogP) is 3.13. The Hall–Kier alpha value is -0.970. The van der Waals surface area contributed by atoms with Gasteiger partial charge in [-0.15, -0.1) is 0 Å². The molecule has 4 nitrogen and oxygen atoms in total. The molecule has 0 radical (unpaired) electrons. The third-order valence-corrected chi connectivity index (χ3v) is 3.64. The van der Waals surface area contributed by atoms with Crippen LogP contribution in [0.2, 0.25) is 10.4 Å². The zero-order valence-electron chi connectivity index (χ0n) is 10.5. The molecule has 0 aliphatic heterocycles. The third-order valence-electron chi connectivity index (χ3n) is 2.96. The van der Waals surface area contributed by atoms with E-state index in [0.29, 0.717) is 16.8 Å². The highest BCUT2D eigenvalue weighted by Gasteiger charge is 2.19. The summed E-state index contributed by atoms with van der Waals surface area (Å²) >= 11 is 12.0. The van der Waals surface area contributed by atoms with E-state index >= 15 is 0 Å². The van der Waals surface area contributed by atoms with E-state index in [9.17, 15) is 0 Å². The Kier molecular flexibility index (Phi) is 4.00. The van der Waals surface area contributed by atoms with Gasteiger partial charge in [-0.1, -0.05) is 11.6 Å². The Morgan fingerprint density at radius 3 is 2.61 bits per heavy atom. The van der Waals surface area contributed by atoms with E-state index in [1.54, 1.807) is 10.7 Å². The van der Waals surface area contributed by atoms with Crippen molar-refractivity contribution in [3.05, 3.63) is 39.5 Å². The van der Waals surface area contributed by atoms with Crippen molar-refractivity contribution >= 4 is 23.2 Å². The van der Waals surface area contributed by atoms with Gasteiger partial charge in [0.15, 0.2) is 5.22 Å². The van der Waals surface area contributed by atoms with Crippen molar-refractivity contribution in [3.63, 3.8) is 0 Å². The van der Waals surface area contributed by atoms with Gasteiger partial charge in [-0.3, -0.25) is 4.68 Å². The minimum atomic E-state index is 0.0258. The maximum Gasteiger partial charge on any atom is 0.193 e. The van der Waals surface area contributed by atoms with Crippen LogP contribution in [0.4, 0.5) is 0 Å². The smallest absolute Gasteiger partial charge is 0.193 e. The van der Waals surface area contributed by atoms with Crippen LogP contribution < -0.4 is 5.32 Å². The lowest BCUT2D eigenvalue weighted by atomic mass is 10.1. The molecule has 1 N–H and O–H groups in total. The van der Waals surface area contributed by atoms with Crippen molar-refractivity contribution in [2.75, 3.05) is 7.05 Å². The number of aromatic nitrogens is 2. The summed E-state index contributed by atoms with van der Waals surface area (Å²) in [4.78, 5) is 0. The van der Waals surface area contributed by atoms with Crippen molar-refractivity contribution in [1.29, 1.82) is 0 Å². The van der Waals surface area contributed by atoms with Crippen molar-refractivity contribution in [1.82, 2.24) is 15.1 Å². The van der Waals surface area contributed by atoms with E-state index in [-0.39, 0.29) is 6.04 Å². The molecule has 0 aromatic carbocycles. The Morgan fingerprint density at radius 1 is 1.44 bits per heavy atom. The van der Waals surface area contributed by atoms with Gasteiger partial charge < -0.3 is 9.73 Å². The molecule has 0 aliphatic rings. The Labute approximate surface area is 116 Å². The number of halogens is 2. The molecule has 0 bridgehead atoms. The summed E-state index contributed by atoms with van der Waals surface area (Å²) in [6, 6.07) is 3.63. The third kappa shape index (κ3) is 2.55. The van der Waals surface area contributed by atoms with Gasteiger partial charge in [0.05, 0.1) is 11.7 Å². The molecule has 0 spiro atoms. The van der Waals surface area contributed by atoms with Gasteiger partial charge in [-0.2, -0.15) is 5.10 Å². The largest absolute Gasteiger partial charge is 0.448 e. The lowest BCUT2D eigenvalue weighted by molar-refractivity contribution is 0.430. The number of hydrogen-bond donors (Lipinski definition) is 1. The molecule has 2 rings (SSSR count). The van der Waals surface area contributed by atoms with Crippen molar-refractivity contribution < 1.29 is 4.42 Å². The molecule has 18 heavy (non-hydrogen) atoms. The zero-order valence-corrected chi connectivity index (χ0v) is 12.0. The molecule has 0 fully saturated rings. The first kappa shape index (κ1) is 13.5. The Bertz CT molecular complexity index is 548. The standard InChI is InChI=1S/C12H15Cl2N3O/c1-7-8(12(14)17(3)16-7)6-9(15-2)10-4-5-11(13)18-10/h4-5,9,15H,6H2,1-3H3. The molecule has 6 heteroatoms. The average Bonchev–Trinajstić information content (AvgIpc) is 2.84. The van der Waals surface area contributed by atoms with Gasteiger partial charge in [0.1, 0.15) is 10.9 Å². The summed E-state index contributed by atoms with van der Waals surface area (Å²) in [5, 5.41) is 8.54. The van der Waals surface area contributed by atoms with Crippen molar-refractivity contribution in [3.8, 4) is 0 Å². The molecule has 0 aliphatic carbocycles. The highest BCUT2D eigenvalue weighted by atomic mass is 35.5. The maximum atomic E-state index is 6.22. The van der Waals surface area contributed by atoms with Crippen LogP contribution in [-0.4, -0.2) is 16.8 Å². The van der Waals surface area contributed by atoms with Gasteiger partial charge in [0, 0.05) is 12.6 Å². The second-order valence-corrected chi connectivity index (χ2v) is 4.90. The molecule has 2 heterocycles. The molecular weight excluding hydrogens is 273 g/mol. The normalized spacial score (nSPS) is 12.9. The number of nitrogens with one attached hydrogen (secondary N) is 1. The highest BCUT2D eigenvalue weighted by molar-refractivity contribution is 6.30. The lowest BCUT2D eigenvalue weighted by Crippen LogP contribution is -2.18. The van der Waals surface area contributed by atoms with Gasteiger partial charge in [0.25, 0.3) is 0 Å². The van der Waals surface area contributed by atoms with Crippen molar-refractivity contribution in [2.24, 2.45) is 7.05 Å². The van der Waals surface area contributed by atoms with Crippen LogP contribution in [0.15, 0.2) is 16.5 Å².